The van der Waals surface area contributed by atoms with Gasteiger partial charge in [-0.05, 0) is 53.8 Å². The maximum Gasteiger partial charge on any atom is 0.273 e. The number of hydrogen-bond acceptors (Lipinski definition) is 5. The van der Waals surface area contributed by atoms with E-state index >= 15 is 0 Å². The zero-order valence-corrected chi connectivity index (χ0v) is 19.3. The van der Waals surface area contributed by atoms with Crippen molar-refractivity contribution in [2.75, 3.05) is 0 Å². The van der Waals surface area contributed by atoms with Crippen molar-refractivity contribution >= 4 is 23.2 Å². The predicted octanol–water partition coefficient (Wildman–Crippen LogP) is 3.88. The van der Waals surface area contributed by atoms with Gasteiger partial charge < -0.3 is 10.2 Å². The number of amides is 2. The summed E-state index contributed by atoms with van der Waals surface area (Å²) in [6, 6.07) is 15.3. The third-order valence-corrected chi connectivity index (χ3v) is 6.88. The minimum atomic E-state index is -1.20. The van der Waals surface area contributed by atoms with Gasteiger partial charge in [-0.3, -0.25) is 19.3 Å². The maximum absolute atomic E-state index is 13.7. The number of fused-ring (bicyclic) bond motifs is 1. The fourth-order valence-corrected chi connectivity index (χ4v) is 4.76. The summed E-state index contributed by atoms with van der Waals surface area (Å²) in [5, 5.41) is 9.51. The molecule has 1 unspecified atom stereocenters. The molecule has 34 heavy (non-hydrogen) atoms. The van der Waals surface area contributed by atoms with Gasteiger partial charge in [-0.2, -0.15) is 5.10 Å². The summed E-state index contributed by atoms with van der Waals surface area (Å²) in [6.45, 7) is 2.40. The van der Waals surface area contributed by atoms with Crippen LogP contribution < -0.4 is 5.32 Å². The van der Waals surface area contributed by atoms with E-state index in [9.17, 15) is 14.0 Å². The average molecular weight is 476 g/mol. The van der Waals surface area contributed by atoms with E-state index in [1.165, 1.54) is 12.1 Å². The second kappa shape index (κ2) is 8.83. The van der Waals surface area contributed by atoms with E-state index in [4.69, 9.17) is 0 Å². The van der Waals surface area contributed by atoms with Crippen LogP contribution in [-0.2, 0) is 24.4 Å². The summed E-state index contributed by atoms with van der Waals surface area (Å²) in [7, 11) is 0. The highest BCUT2D eigenvalue weighted by molar-refractivity contribution is 7.13. The first kappa shape index (κ1) is 22.0. The standard InChI is InChI=1S/C25H22FN5O2S/c1-25(24(33)28-14-17-6-8-19(26)9-7-17)16-31-21(12-20(29-31)22-5-3-11-34-22)23(32)30(25)15-18-4-2-10-27-13-18/h2-13H,14-16H2,1H3,(H,28,33). The highest BCUT2D eigenvalue weighted by Gasteiger charge is 2.48. The van der Waals surface area contributed by atoms with Crippen LogP contribution in [0.3, 0.4) is 0 Å². The van der Waals surface area contributed by atoms with Crippen LogP contribution >= 0.6 is 11.3 Å². The molecule has 0 fully saturated rings. The molecule has 7 nitrogen and oxygen atoms in total. The molecule has 1 aliphatic heterocycles. The number of hydrogen-bond donors (Lipinski definition) is 1. The van der Waals surface area contributed by atoms with Gasteiger partial charge in [0.1, 0.15) is 22.7 Å². The lowest BCUT2D eigenvalue weighted by molar-refractivity contribution is -0.133. The Hall–Kier alpha value is -3.85. The van der Waals surface area contributed by atoms with E-state index in [-0.39, 0.29) is 37.3 Å². The molecule has 1 N–H and O–H groups in total. The minimum absolute atomic E-state index is 0.203. The molecule has 3 aromatic heterocycles. The van der Waals surface area contributed by atoms with Gasteiger partial charge >= 0.3 is 0 Å². The van der Waals surface area contributed by atoms with Gasteiger partial charge in [0.05, 0.1) is 11.4 Å². The summed E-state index contributed by atoms with van der Waals surface area (Å²) < 4.78 is 14.9. The van der Waals surface area contributed by atoms with E-state index in [0.29, 0.717) is 11.4 Å². The topological polar surface area (TPSA) is 80.1 Å². The molecular formula is C25H22FN5O2S. The molecule has 1 atom stereocenters. The molecule has 0 saturated carbocycles. The van der Waals surface area contributed by atoms with E-state index in [0.717, 1.165) is 16.0 Å². The highest BCUT2D eigenvalue weighted by Crippen LogP contribution is 2.32. The molecule has 1 aromatic carbocycles. The number of nitrogens with one attached hydrogen (secondary N) is 1. The van der Waals surface area contributed by atoms with E-state index in [1.807, 2.05) is 23.6 Å². The second-order valence-electron chi connectivity index (χ2n) is 8.39. The molecule has 9 heteroatoms. The normalized spacial score (nSPS) is 17.5. The largest absolute Gasteiger partial charge is 0.350 e. The van der Waals surface area contributed by atoms with Crippen LogP contribution in [0.4, 0.5) is 4.39 Å². The van der Waals surface area contributed by atoms with Crippen molar-refractivity contribution < 1.29 is 14.0 Å². The molecule has 4 heterocycles. The highest BCUT2D eigenvalue weighted by atomic mass is 32.1. The third-order valence-electron chi connectivity index (χ3n) is 5.99. The molecule has 5 rings (SSSR count). The van der Waals surface area contributed by atoms with Gasteiger partial charge in [0.2, 0.25) is 5.91 Å². The van der Waals surface area contributed by atoms with E-state index in [1.54, 1.807) is 64.5 Å². The van der Waals surface area contributed by atoms with Crippen LogP contribution in [0.2, 0.25) is 0 Å². The first-order valence-electron chi connectivity index (χ1n) is 10.8. The molecule has 2 amide bonds. The Morgan fingerprint density at radius 2 is 2.00 bits per heavy atom. The molecule has 0 aliphatic carbocycles. The Labute approximate surface area is 199 Å². The third kappa shape index (κ3) is 4.10. The van der Waals surface area contributed by atoms with Crippen LogP contribution in [0.25, 0.3) is 10.6 Å². The Morgan fingerprint density at radius 1 is 1.18 bits per heavy atom. The molecule has 1 aliphatic rings. The quantitative estimate of drug-likeness (QED) is 0.459. The minimum Gasteiger partial charge on any atom is -0.350 e. The van der Waals surface area contributed by atoms with Gasteiger partial charge in [-0.1, -0.05) is 24.3 Å². The van der Waals surface area contributed by atoms with Gasteiger partial charge in [-0.15, -0.1) is 11.3 Å². The summed E-state index contributed by atoms with van der Waals surface area (Å²) in [5.41, 5.74) is 1.53. The fourth-order valence-electron chi connectivity index (χ4n) is 4.08. The number of carbonyl (C=O) groups is 2. The Bertz CT molecular complexity index is 1320. The summed E-state index contributed by atoms with van der Waals surface area (Å²) in [5.74, 6) is -0.923. The van der Waals surface area contributed by atoms with Crippen LogP contribution in [-0.4, -0.2) is 37.0 Å². The molecule has 0 bridgehead atoms. The van der Waals surface area contributed by atoms with Gasteiger partial charge in [0.25, 0.3) is 5.91 Å². The van der Waals surface area contributed by atoms with Crippen molar-refractivity contribution in [2.24, 2.45) is 0 Å². The first-order chi connectivity index (χ1) is 16.4. The van der Waals surface area contributed by atoms with Gasteiger partial charge in [0.15, 0.2) is 0 Å². The van der Waals surface area contributed by atoms with Crippen molar-refractivity contribution in [1.82, 2.24) is 25.0 Å². The SMILES string of the molecule is CC1(C(=O)NCc2ccc(F)cc2)Cn2nc(-c3cccs3)cc2C(=O)N1Cc1cccnc1. The van der Waals surface area contributed by atoms with Gasteiger partial charge in [0, 0.05) is 25.5 Å². The second-order valence-corrected chi connectivity index (χ2v) is 9.33. The number of carbonyl (C=O) groups excluding carboxylic acids is 2. The summed E-state index contributed by atoms with van der Waals surface area (Å²) in [4.78, 5) is 33.9. The van der Waals surface area contributed by atoms with Gasteiger partial charge in [-0.25, -0.2) is 4.39 Å². The predicted molar refractivity (Wildman–Crippen MR) is 126 cm³/mol. The van der Waals surface area contributed by atoms with Crippen LogP contribution in [0.15, 0.2) is 72.4 Å². The van der Waals surface area contributed by atoms with E-state index < -0.39 is 5.54 Å². The number of nitrogens with zero attached hydrogens (tertiary/aromatic N) is 4. The van der Waals surface area contributed by atoms with Crippen molar-refractivity contribution in [3.05, 3.63) is 95.0 Å². The lowest BCUT2D eigenvalue weighted by Crippen LogP contribution is -2.63. The number of pyridine rings is 1. The van der Waals surface area contributed by atoms with Crippen molar-refractivity contribution in [1.29, 1.82) is 0 Å². The fraction of sp³-hybridized carbons (Fsp3) is 0.200. The molecular weight excluding hydrogens is 453 g/mol. The Balaban J connectivity index is 1.47. The lowest BCUT2D eigenvalue weighted by Gasteiger charge is -2.43. The first-order valence-corrected chi connectivity index (χ1v) is 11.7. The van der Waals surface area contributed by atoms with Crippen LogP contribution in [0.1, 0.15) is 28.5 Å². The number of thiophene rings is 1. The molecule has 4 aromatic rings. The number of aromatic nitrogens is 3. The van der Waals surface area contributed by atoms with Crippen molar-refractivity contribution in [3.8, 4) is 10.6 Å². The zero-order chi connectivity index (χ0) is 23.7. The summed E-state index contributed by atoms with van der Waals surface area (Å²) in [6.07, 6.45) is 3.35. The Morgan fingerprint density at radius 3 is 2.71 bits per heavy atom. The maximum atomic E-state index is 13.7. The number of halogens is 1. The smallest absolute Gasteiger partial charge is 0.273 e. The Kier molecular flexibility index (Phi) is 5.70. The van der Waals surface area contributed by atoms with Crippen molar-refractivity contribution in [2.45, 2.75) is 32.1 Å². The number of benzene rings is 1. The molecule has 172 valence electrons. The average Bonchev–Trinajstić information content (AvgIpc) is 3.52. The molecule has 0 saturated heterocycles. The summed E-state index contributed by atoms with van der Waals surface area (Å²) >= 11 is 1.54. The van der Waals surface area contributed by atoms with Crippen LogP contribution in [0, 0.1) is 5.82 Å². The zero-order valence-electron chi connectivity index (χ0n) is 18.4. The van der Waals surface area contributed by atoms with E-state index in [2.05, 4.69) is 15.4 Å². The van der Waals surface area contributed by atoms with Crippen molar-refractivity contribution in [3.63, 3.8) is 0 Å². The monoisotopic (exact) mass is 475 g/mol. The molecule has 0 spiro atoms. The lowest BCUT2D eigenvalue weighted by atomic mass is 9.94. The number of rotatable bonds is 6. The molecule has 0 radical (unpaired) electrons. The van der Waals surface area contributed by atoms with Crippen LogP contribution in [0.5, 0.6) is 0 Å².